The normalized spacial score (nSPS) is 11.3. The van der Waals surface area contributed by atoms with E-state index in [4.69, 9.17) is 4.74 Å². The molecule has 2 N–H and O–H groups in total. The second kappa shape index (κ2) is 8.90. The number of hydrogen-bond acceptors (Lipinski definition) is 7. The van der Waals surface area contributed by atoms with Crippen LogP contribution in [0.15, 0.2) is 36.4 Å². The lowest BCUT2D eigenvalue weighted by molar-refractivity contribution is -0.384. The van der Waals surface area contributed by atoms with E-state index in [1.807, 2.05) is 6.92 Å². The first-order valence-electron chi connectivity index (χ1n) is 7.85. The van der Waals surface area contributed by atoms with E-state index in [0.29, 0.717) is 4.88 Å². The van der Waals surface area contributed by atoms with Gasteiger partial charge in [0.2, 0.25) is 0 Å². The van der Waals surface area contributed by atoms with Gasteiger partial charge in [-0.15, -0.1) is 11.3 Å². The second-order valence-electron chi connectivity index (χ2n) is 5.52. The van der Waals surface area contributed by atoms with E-state index >= 15 is 0 Å². The predicted octanol–water partition coefficient (Wildman–Crippen LogP) is 2.26. The van der Waals surface area contributed by atoms with Crippen LogP contribution < -0.4 is 10.6 Å². The third-order valence-corrected chi connectivity index (χ3v) is 4.36. The summed E-state index contributed by atoms with van der Waals surface area (Å²) >= 11 is 1.29. The molecule has 2 rings (SSSR count). The van der Waals surface area contributed by atoms with Crippen molar-refractivity contribution in [3.63, 3.8) is 0 Å². The van der Waals surface area contributed by atoms with Crippen LogP contribution in [0.4, 0.5) is 11.4 Å². The van der Waals surface area contributed by atoms with Crippen molar-refractivity contribution >= 4 is 40.5 Å². The minimum absolute atomic E-state index is 0.177. The van der Waals surface area contributed by atoms with Crippen molar-refractivity contribution in [2.45, 2.75) is 20.0 Å². The zero-order valence-corrected chi connectivity index (χ0v) is 15.4. The second-order valence-corrected chi connectivity index (χ2v) is 6.81. The molecule has 1 aromatic heterocycles. The Hall–Kier alpha value is -3.27. The van der Waals surface area contributed by atoms with Gasteiger partial charge in [-0.1, -0.05) is 6.07 Å². The number of carbonyl (C=O) groups excluding carboxylic acids is 3. The largest absolute Gasteiger partial charge is 0.451 e. The number of benzene rings is 1. The lowest BCUT2D eigenvalue weighted by Gasteiger charge is -2.13. The quantitative estimate of drug-likeness (QED) is 0.423. The summed E-state index contributed by atoms with van der Waals surface area (Å²) in [5, 5.41) is 15.6. The van der Waals surface area contributed by atoms with Crippen LogP contribution in [-0.2, 0) is 14.3 Å². The van der Waals surface area contributed by atoms with Gasteiger partial charge in [0.1, 0.15) is 6.54 Å². The molecule has 0 fully saturated rings. The maximum atomic E-state index is 12.0. The molecular formula is C17H17N3O6S. The number of aryl methyl sites for hydroxylation is 1. The van der Waals surface area contributed by atoms with Gasteiger partial charge < -0.3 is 15.4 Å². The molecule has 1 unspecified atom stereocenters. The fourth-order valence-electron chi connectivity index (χ4n) is 2.03. The van der Waals surface area contributed by atoms with Crippen molar-refractivity contribution in [1.29, 1.82) is 0 Å². The molecule has 1 heterocycles. The molecule has 0 aliphatic heterocycles. The van der Waals surface area contributed by atoms with Gasteiger partial charge >= 0.3 is 5.97 Å². The smallest absolute Gasteiger partial charge is 0.326 e. The molecule has 0 aliphatic rings. The summed E-state index contributed by atoms with van der Waals surface area (Å²) in [6.45, 7) is 2.83. The highest BCUT2D eigenvalue weighted by Crippen LogP contribution is 2.17. The number of nitrogens with one attached hydrogen (secondary N) is 2. The van der Waals surface area contributed by atoms with Gasteiger partial charge in [-0.2, -0.15) is 0 Å². The fourth-order valence-corrected chi connectivity index (χ4v) is 2.81. The minimum atomic E-state index is -1.14. The van der Waals surface area contributed by atoms with Crippen molar-refractivity contribution in [2.24, 2.45) is 0 Å². The molecule has 27 heavy (non-hydrogen) atoms. The van der Waals surface area contributed by atoms with Gasteiger partial charge in [-0.05, 0) is 32.0 Å². The van der Waals surface area contributed by atoms with Crippen LogP contribution in [-0.4, -0.2) is 35.4 Å². The number of nitrogens with zero attached hydrogens (tertiary/aromatic N) is 1. The van der Waals surface area contributed by atoms with Crippen LogP contribution in [0.3, 0.4) is 0 Å². The summed E-state index contributed by atoms with van der Waals surface area (Å²) in [5.41, 5.74) is 0.0300. The van der Waals surface area contributed by atoms with Gasteiger partial charge in [-0.25, -0.2) is 0 Å². The maximum Gasteiger partial charge on any atom is 0.326 e. The highest BCUT2D eigenvalue weighted by molar-refractivity contribution is 7.13. The molecule has 0 spiro atoms. The van der Waals surface area contributed by atoms with Gasteiger partial charge in [0.15, 0.2) is 6.10 Å². The van der Waals surface area contributed by atoms with Crippen LogP contribution in [0, 0.1) is 17.0 Å². The maximum absolute atomic E-state index is 12.0. The third kappa shape index (κ3) is 5.89. The number of anilines is 1. The Bertz CT molecular complexity index is 879. The summed E-state index contributed by atoms with van der Waals surface area (Å²) < 4.78 is 4.96. The summed E-state index contributed by atoms with van der Waals surface area (Å²) in [6.07, 6.45) is -1.14. The molecular weight excluding hydrogens is 374 g/mol. The lowest BCUT2D eigenvalue weighted by Crippen LogP contribution is -2.35. The van der Waals surface area contributed by atoms with Gasteiger partial charge in [-0.3, -0.25) is 24.5 Å². The Morgan fingerprint density at radius 2 is 2.00 bits per heavy atom. The number of carbonyl (C=O) groups is 3. The molecule has 10 heteroatoms. The van der Waals surface area contributed by atoms with Crippen molar-refractivity contribution in [2.75, 3.05) is 11.9 Å². The average molecular weight is 391 g/mol. The van der Waals surface area contributed by atoms with Gasteiger partial charge in [0.05, 0.1) is 9.80 Å². The highest BCUT2D eigenvalue weighted by Gasteiger charge is 2.19. The van der Waals surface area contributed by atoms with E-state index in [-0.39, 0.29) is 17.9 Å². The number of nitro benzene ring substituents is 1. The molecule has 0 bridgehead atoms. The predicted molar refractivity (Wildman–Crippen MR) is 98.7 cm³/mol. The first-order chi connectivity index (χ1) is 12.8. The average Bonchev–Trinajstić information content (AvgIpc) is 3.06. The molecule has 0 radical (unpaired) electrons. The van der Waals surface area contributed by atoms with Crippen LogP contribution in [0.2, 0.25) is 0 Å². The zero-order valence-electron chi connectivity index (χ0n) is 14.6. The van der Waals surface area contributed by atoms with Crippen LogP contribution >= 0.6 is 11.3 Å². The van der Waals surface area contributed by atoms with E-state index in [9.17, 15) is 24.5 Å². The number of ether oxygens (including phenoxy) is 1. The number of hydrogen-bond donors (Lipinski definition) is 2. The fraction of sp³-hybridized carbons (Fsp3) is 0.235. The van der Waals surface area contributed by atoms with E-state index in [1.165, 1.54) is 42.5 Å². The van der Waals surface area contributed by atoms with E-state index < -0.39 is 28.8 Å². The van der Waals surface area contributed by atoms with Crippen molar-refractivity contribution < 1.29 is 24.0 Å². The van der Waals surface area contributed by atoms with E-state index in [2.05, 4.69) is 10.6 Å². The van der Waals surface area contributed by atoms with Gasteiger partial charge in [0, 0.05) is 22.7 Å². The monoisotopic (exact) mass is 391 g/mol. The highest BCUT2D eigenvalue weighted by atomic mass is 32.1. The zero-order chi connectivity index (χ0) is 20.0. The summed E-state index contributed by atoms with van der Waals surface area (Å²) in [7, 11) is 0. The Labute approximate surface area is 158 Å². The Kier molecular flexibility index (Phi) is 6.61. The molecule has 1 aromatic carbocycles. The van der Waals surface area contributed by atoms with Crippen LogP contribution in [0.1, 0.15) is 21.5 Å². The summed E-state index contributed by atoms with van der Waals surface area (Å²) in [6, 6.07) is 8.81. The standard InChI is InChI=1S/C17H17N3O6S/c1-10-6-7-14(27-10)17(23)18-9-15(21)26-11(2)16(22)19-12-4-3-5-13(8-12)20(24)25/h3-8,11H,9H2,1-2H3,(H,18,23)(H,19,22). The summed E-state index contributed by atoms with van der Waals surface area (Å²) in [5.74, 6) is -1.83. The van der Waals surface area contributed by atoms with Crippen molar-refractivity contribution in [3.8, 4) is 0 Å². The molecule has 1 atom stereocenters. The molecule has 9 nitrogen and oxygen atoms in total. The topological polar surface area (TPSA) is 128 Å². The molecule has 0 saturated heterocycles. The minimum Gasteiger partial charge on any atom is -0.451 e. The van der Waals surface area contributed by atoms with Crippen LogP contribution in [0.5, 0.6) is 0 Å². The Morgan fingerprint density at radius 3 is 2.63 bits per heavy atom. The number of rotatable bonds is 7. The van der Waals surface area contributed by atoms with Crippen molar-refractivity contribution in [3.05, 3.63) is 56.3 Å². The lowest BCUT2D eigenvalue weighted by atomic mass is 10.2. The number of amides is 2. The Balaban J connectivity index is 1.82. The molecule has 2 aromatic rings. The molecule has 2 amide bonds. The van der Waals surface area contributed by atoms with E-state index in [1.54, 1.807) is 12.1 Å². The SMILES string of the molecule is Cc1ccc(C(=O)NCC(=O)OC(C)C(=O)Nc2cccc([N+](=O)[O-])c2)s1. The molecule has 142 valence electrons. The van der Waals surface area contributed by atoms with Gasteiger partial charge in [0.25, 0.3) is 17.5 Å². The number of esters is 1. The number of thiophene rings is 1. The molecule has 0 aliphatic carbocycles. The number of nitro groups is 1. The first kappa shape index (κ1) is 20.0. The van der Waals surface area contributed by atoms with E-state index in [0.717, 1.165) is 4.88 Å². The molecule has 0 saturated carbocycles. The third-order valence-electron chi connectivity index (χ3n) is 3.36. The summed E-state index contributed by atoms with van der Waals surface area (Å²) in [4.78, 5) is 47.3. The van der Waals surface area contributed by atoms with Crippen molar-refractivity contribution in [1.82, 2.24) is 5.32 Å². The van der Waals surface area contributed by atoms with Crippen LogP contribution in [0.25, 0.3) is 0 Å². The first-order valence-corrected chi connectivity index (χ1v) is 8.67. The Morgan fingerprint density at radius 1 is 1.26 bits per heavy atom. The number of non-ortho nitro benzene ring substituents is 1.